The predicted molar refractivity (Wildman–Crippen MR) is 72.8 cm³/mol. The van der Waals surface area contributed by atoms with E-state index >= 15 is 0 Å². The van der Waals surface area contributed by atoms with Crippen molar-refractivity contribution < 1.29 is 5.11 Å². The third-order valence-corrected chi connectivity index (χ3v) is 3.97. The van der Waals surface area contributed by atoms with E-state index in [-0.39, 0.29) is 11.5 Å². The van der Waals surface area contributed by atoms with Gasteiger partial charge in [0, 0.05) is 0 Å². The van der Waals surface area contributed by atoms with Crippen molar-refractivity contribution in [2.45, 2.75) is 44.2 Å². The van der Waals surface area contributed by atoms with Gasteiger partial charge in [-0.1, -0.05) is 37.3 Å². The first-order chi connectivity index (χ1) is 9.26. The van der Waals surface area contributed by atoms with Crippen molar-refractivity contribution in [3.63, 3.8) is 0 Å². The fraction of sp³-hybridized carbons (Fsp3) is 0.467. The summed E-state index contributed by atoms with van der Waals surface area (Å²) in [4.78, 5) is 4.45. The molecule has 4 heteroatoms. The van der Waals surface area contributed by atoms with E-state index in [1.807, 2.05) is 17.7 Å². The van der Waals surface area contributed by atoms with Crippen molar-refractivity contribution in [3.8, 4) is 0 Å². The monoisotopic (exact) mass is 257 g/mol. The molecule has 1 heterocycles. The van der Waals surface area contributed by atoms with Crippen molar-refractivity contribution in [2.24, 2.45) is 0 Å². The summed E-state index contributed by atoms with van der Waals surface area (Å²) in [7, 11) is 0. The lowest BCUT2D eigenvalue weighted by molar-refractivity contribution is 0.143. The molecule has 1 saturated carbocycles. The van der Waals surface area contributed by atoms with Crippen LogP contribution in [0.1, 0.15) is 37.6 Å². The SMILES string of the molecule is CCC(O)Cn1ncnc1C1(c2ccccc2)CC1. The van der Waals surface area contributed by atoms with Crippen LogP contribution in [0.25, 0.3) is 0 Å². The van der Waals surface area contributed by atoms with Crippen LogP contribution >= 0.6 is 0 Å². The van der Waals surface area contributed by atoms with Crippen LogP contribution < -0.4 is 0 Å². The first kappa shape index (κ1) is 12.4. The zero-order valence-corrected chi connectivity index (χ0v) is 11.2. The molecule has 1 unspecified atom stereocenters. The minimum atomic E-state index is -0.355. The number of rotatable bonds is 5. The molecule has 1 aliphatic carbocycles. The van der Waals surface area contributed by atoms with Crippen molar-refractivity contribution in [3.05, 3.63) is 48.0 Å². The molecular formula is C15H19N3O. The van der Waals surface area contributed by atoms with Crippen LogP contribution in [0, 0.1) is 0 Å². The van der Waals surface area contributed by atoms with Gasteiger partial charge < -0.3 is 5.11 Å². The third kappa shape index (κ3) is 2.16. The summed E-state index contributed by atoms with van der Waals surface area (Å²) in [5.74, 6) is 0.992. The predicted octanol–water partition coefficient (Wildman–Crippen LogP) is 2.13. The maximum atomic E-state index is 9.82. The maximum Gasteiger partial charge on any atom is 0.138 e. The average Bonchev–Trinajstić information content (AvgIpc) is 3.14. The van der Waals surface area contributed by atoms with Gasteiger partial charge in [0.2, 0.25) is 0 Å². The molecule has 19 heavy (non-hydrogen) atoms. The summed E-state index contributed by atoms with van der Waals surface area (Å²) < 4.78 is 1.87. The van der Waals surface area contributed by atoms with Crippen molar-refractivity contribution in [2.75, 3.05) is 0 Å². The molecule has 1 atom stereocenters. The molecule has 0 saturated heterocycles. The van der Waals surface area contributed by atoms with Crippen molar-refractivity contribution >= 4 is 0 Å². The molecule has 0 amide bonds. The number of hydrogen-bond donors (Lipinski definition) is 1. The number of hydrogen-bond acceptors (Lipinski definition) is 3. The normalized spacial score (nSPS) is 18.2. The smallest absolute Gasteiger partial charge is 0.138 e. The van der Waals surface area contributed by atoms with Gasteiger partial charge in [-0.25, -0.2) is 9.67 Å². The van der Waals surface area contributed by atoms with E-state index in [4.69, 9.17) is 0 Å². The average molecular weight is 257 g/mol. The molecule has 3 rings (SSSR count). The quantitative estimate of drug-likeness (QED) is 0.892. The zero-order chi connectivity index (χ0) is 13.3. The molecule has 2 aromatic rings. The second-order valence-corrected chi connectivity index (χ2v) is 5.28. The van der Waals surface area contributed by atoms with E-state index in [0.717, 1.165) is 25.1 Å². The topological polar surface area (TPSA) is 50.9 Å². The number of benzene rings is 1. The van der Waals surface area contributed by atoms with Gasteiger partial charge in [-0.2, -0.15) is 5.10 Å². The molecule has 1 aromatic heterocycles. The highest BCUT2D eigenvalue weighted by atomic mass is 16.3. The summed E-state index contributed by atoms with van der Waals surface area (Å²) >= 11 is 0. The highest BCUT2D eigenvalue weighted by molar-refractivity contribution is 5.39. The Morgan fingerprint density at radius 1 is 1.32 bits per heavy atom. The van der Waals surface area contributed by atoms with E-state index in [1.165, 1.54) is 5.56 Å². The van der Waals surface area contributed by atoms with Gasteiger partial charge in [0.1, 0.15) is 12.2 Å². The molecule has 1 fully saturated rings. The Morgan fingerprint density at radius 2 is 2.05 bits per heavy atom. The molecule has 0 radical (unpaired) electrons. The van der Waals surface area contributed by atoms with Gasteiger partial charge >= 0.3 is 0 Å². The Hall–Kier alpha value is -1.68. The van der Waals surface area contributed by atoms with Gasteiger partial charge in [-0.05, 0) is 24.8 Å². The van der Waals surface area contributed by atoms with Gasteiger partial charge in [0.05, 0.1) is 18.1 Å². The van der Waals surface area contributed by atoms with E-state index in [0.29, 0.717) is 6.54 Å². The molecule has 4 nitrogen and oxygen atoms in total. The summed E-state index contributed by atoms with van der Waals surface area (Å²) in [5.41, 5.74) is 1.32. The number of nitrogens with zero attached hydrogens (tertiary/aromatic N) is 3. The van der Waals surface area contributed by atoms with Crippen LogP contribution in [-0.4, -0.2) is 26.0 Å². The lowest BCUT2D eigenvalue weighted by atomic mass is 9.95. The van der Waals surface area contributed by atoms with Gasteiger partial charge in [-0.3, -0.25) is 0 Å². The Kier molecular flexibility index (Phi) is 3.11. The van der Waals surface area contributed by atoms with E-state index < -0.39 is 0 Å². The zero-order valence-electron chi connectivity index (χ0n) is 11.2. The second kappa shape index (κ2) is 4.78. The van der Waals surface area contributed by atoms with Crippen LogP contribution in [0.3, 0.4) is 0 Å². The number of aliphatic hydroxyl groups is 1. The largest absolute Gasteiger partial charge is 0.391 e. The van der Waals surface area contributed by atoms with Crippen LogP contribution in [0.4, 0.5) is 0 Å². The Balaban J connectivity index is 1.93. The molecule has 1 aliphatic rings. The Bertz CT molecular complexity index is 546. The molecular weight excluding hydrogens is 238 g/mol. The summed E-state index contributed by atoms with van der Waals surface area (Å²) in [6.45, 7) is 2.51. The summed E-state index contributed by atoms with van der Waals surface area (Å²) in [6.07, 6.45) is 4.20. The summed E-state index contributed by atoms with van der Waals surface area (Å²) in [6, 6.07) is 10.5. The van der Waals surface area contributed by atoms with E-state index in [9.17, 15) is 5.11 Å². The van der Waals surface area contributed by atoms with Gasteiger partial charge in [0.25, 0.3) is 0 Å². The lowest BCUT2D eigenvalue weighted by Crippen LogP contribution is -2.23. The van der Waals surface area contributed by atoms with Crippen LogP contribution in [0.5, 0.6) is 0 Å². The lowest BCUT2D eigenvalue weighted by Gasteiger charge is -2.17. The molecule has 100 valence electrons. The maximum absolute atomic E-state index is 9.82. The minimum absolute atomic E-state index is 0.0191. The fourth-order valence-electron chi connectivity index (χ4n) is 2.62. The van der Waals surface area contributed by atoms with Crippen LogP contribution in [0.2, 0.25) is 0 Å². The molecule has 0 spiro atoms. The highest BCUT2D eigenvalue weighted by Gasteiger charge is 2.49. The summed E-state index contributed by atoms with van der Waals surface area (Å²) in [5, 5.41) is 14.1. The Labute approximate surface area is 113 Å². The standard InChI is InChI=1S/C15H19N3O/c1-2-13(19)10-18-14(16-11-17-18)15(8-9-15)12-6-4-3-5-7-12/h3-7,11,13,19H,2,8-10H2,1H3. The van der Waals surface area contributed by atoms with E-state index in [2.05, 4.69) is 34.3 Å². The molecule has 1 N–H and O–H groups in total. The molecule has 1 aromatic carbocycles. The first-order valence-electron chi connectivity index (χ1n) is 6.88. The number of aromatic nitrogens is 3. The Morgan fingerprint density at radius 3 is 2.68 bits per heavy atom. The van der Waals surface area contributed by atoms with E-state index in [1.54, 1.807) is 6.33 Å². The van der Waals surface area contributed by atoms with Crippen LogP contribution in [-0.2, 0) is 12.0 Å². The third-order valence-electron chi connectivity index (χ3n) is 3.97. The first-order valence-corrected chi connectivity index (χ1v) is 6.88. The number of aliphatic hydroxyl groups excluding tert-OH is 1. The highest BCUT2D eigenvalue weighted by Crippen LogP contribution is 2.52. The minimum Gasteiger partial charge on any atom is -0.391 e. The fourth-order valence-corrected chi connectivity index (χ4v) is 2.62. The second-order valence-electron chi connectivity index (χ2n) is 5.28. The molecule has 0 bridgehead atoms. The van der Waals surface area contributed by atoms with Crippen LogP contribution in [0.15, 0.2) is 36.7 Å². The van der Waals surface area contributed by atoms with Crippen molar-refractivity contribution in [1.82, 2.24) is 14.8 Å². The molecule has 0 aliphatic heterocycles. The van der Waals surface area contributed by atoms with Gasteiger partial charge in [0.15, 0.2) is 0 Å². The van der Waals surface area contributed by atoms with Gasteiger partial charge in [-0.15, -0.1) is 0 Å². The van der Waals surface area contributed by atoms with Crippen molar-refractivity contribution in [1.29, 1.82) is 0 Å².